The number of rotatable bonds is 5. The van der Waals surface area contributed by atoms with Crippen molar-refractivity contribution >= 4 is 34.6 Å². The van der Waals surface area contributed by atoms with Crippen LogP contribution >= 0.6 is 23.5 Å². The van der Waals surface area contributed by atoms with Crippen molar-refractivity contribution in [2.24, 2.45) is 10.7 Å². The first-order valence-electron chi connectivity index (χ1n) is 9.06. The van der Waals surface area contributed by atoms with E-state index in [-0.39, 0.29) is 5.91 Å². The number of carbonyl (C=O) groups is 1. The predicted octanol–water partition coefficient (Wildman–Crippen LogP) is 3.66. The molecule has 0 spiro atoms. The topological polar surface area (TPSA) is 85.7 Å². The summed E-state index contributed by atoms with van der Waals surface area (Å²) in [6.45, 7) is 7.01. The molecule has 3 rings (SSSR count). The highest BCUT2D eigenvalue weighted by Crippen LogP contribution is 2.45. The molecule has 2 aliphatic heterocycles. The van der Waals surface area contributed by atoms with Gasteiger partial charge < -0.3 is 10.6 Å². The standard InChI is InChI=1S/C20H23N5OS2/c1-5-24(6-2)19(26)16-12(3)23-20-25(18(22)15(11-21)28-20)17(16)13-7-9-14(27-4)10-8-13/h7-10,17H,5-6,22H2,1-4H3/t17-/m1/s1. The Morgan fingerprint density at radius 1 is 1.36 bits per heavy atom. The number of thioether (sulfide) groups is 2. The minimum absolute atomic E-state index is 0.0487. The van der Waals surface area contributed by atoms with Gasteiger partial charge in [-0.2, -0.15) is 5.26 Å². The summed E-state index contributed by atoms with van der Waals surface area (Å²) in [6.07, 6.45) is 2.02. The maximum absolute atomic E-state index is 13.4. The van der Waals surface area contributed by atoms with Gasteiger partial charge in [0.15, 0.2) is 5.17 Å². The van der Waals surface area contributed by atoms with Gasteiger partial charge in [-0.1, -0.05) is 12.1 Å². The van der Waals surface area contributed by atoms with E-state index in [1.165, 1.54) is 11.8 Å². The zero-order valence-electron chi connectivity index (χ0n) is 16.4. The first-order valence-corrected chi connectivity index (χ1v) is 11.1. The van der Waals surface area contributed by atoms with Gasteiger partial charge >= 0.3 is 0 Å². The Labute approximate surface area is 174 Å². The second-order valence-electron chi connectivity index (χ2n) is 6.34. The maximum Gasteiger partial charge on any atom is 0.254 e. The fourth-order valence-electron chi connectivity index (χ4n) is 3.40. The molecule has 0 saturated heterocycles. The molecule has 0 unspecified atom stereocenters. The van der Waals surface area contributed by atoms with E-state index in [0.29, 0.717) is 40.3 Å². The first kappa shape index (κ1) is 20.4. The van der Waals surface area contributed by atoms with Gasteiger partial charge in [-0.15, -0.1) is 11.8 Å². The SMILES string of the molecule is CCN(CC)C(=O)C1=C(C)N=C2SC(C#N)=C(N)N2[C@@H]1c1ccc(SC)cc1. The zero-order chi connectivity index (χ0) is 20.4. The van der Waals surface area contributed by atoms with Gasteiger partial charge in [-0.05, 0) is 56.5 Å². The van der Waals surface area contributed by atoms with Crippen LogP contribution in [0.5, 0.6) is 0 Å². The monoisotopic (exact) mass is 413 g/mol. The Balaban J connectivity index is 2.17. The van der Waals surface area contributed by atoms with E-state index in [4.69, 9.17) is 5.73 Å². The third kappa shape index (κ3) is 3.40. The first-order chi connectivity index (χ1) is 13.5. The second-order valence-corrected chi connectivity index (χ2v) is 8.20. The molecule has 0 radical (unpaired) electrons. The molecule has 1 atom stereocenters. The molecular formula is C20H23N5OS2. The number of nitrogens with zero attached hydrogens (tertiary/aromatic N) is 4. The van der Waals surface area contributed by atoms with Crippen molar-refractivity contribution in [3.63, 3.8) is 0 Å². The second kappa shape index (κ2) is 8.33. The number of amides is 1. The summed E-state index contributed by atoms with van der Waals surface area (Å²) in [6, 6.07) is 9.84. The van der Waals surface area contributed by atoms with Crippen LogP contribution in [0.4, 0.5) is 0 Å². The largest absolute Gasteiger partial charge is 0.383 e. The van der Waals surface area contributed by atoms with Gasteiger partial charge in [0.25, 0.3) is 5.91 Å². The lowest BCUT2D eigenvalue weighted by molar-refractivity contribution is -0.127. The van der Waals surface area contributed by atoms with Crippen molar-refractivity contribution in [3.8, 4) is 6.07 Å². The number of amidine groups is 1. The van der Waals surface area contributed by atoms with Gasteiger partial charge in [0.2, 0.25) is 0 Å². The number of fused-ring (bicyclic) bond motifs is 1. The Kier molecular flexibility index (Phi) is 6.06. The van der Waals surface area contributed by atoms with Crippen LogP contribution in [-0.4, -0.2) is 40.2 Å². The molecule has 0 fully saturated rings. The number of hydrogen-bond donors (Lipinski definition) is 1. The zero-order valence-corrected chi connectivity index (χ0v) is 18.0. The molecule has 146 valence electrons. The number of nitrogens with two attached hydrogens (primary N) is 1. The summed E-state index contributed by atoms with van der Waals surface area (Å²) < 4.78 is 0. The van der Waals surface area contributed by atoms with Crippen LogP contribution in [0.25, 0.3) is 0 Å². The smallest absolute Gasteiger partial charge is 0.254 e. The predicted molar refractivity (Wildman–Crippen MR) is 115 cm³/mol. The summed E-state index contributed by atoms with van der Waals surface area (Å²) in [5, 5.41) is 10.1. The third-order valence-corrected chi connectivity index (χ3v) is 6.61. The molecule has 28 heavy (non-hydrogen) atoms. The molecule has 2 heterocycles. The lowest BCUT2D eigenvalue weighted by Crippen LogP contribution is -2.42. The number of hydrogen-bond acceptors (Lipinski definition) is 7. The molecule has 1 aromatic rings. The van der Waals surface area contributed by atoms with Crippen LogP contribution in [0.15, 0.2) is 56.1 Å². The van der Waals surface area contributed by atoms with Gasteiger partial charge in [0.05, 0.1) is 17.3 Å². The number of aliphatic imine (C=N–C) groups is 1. The van der Waals surface area contributed by atoms with Gasteiger partial charge in [0.1, 0.15) is 16.8 Å². The highest BCUT2D eigenvalue weighted by molar-refractivity contribution is 8.17. The maximum atomic E-state index is 13.4. The molecule has 8 heteroatoms. The van der Waals surface area contributed by atoms with Gasteiger partial charge in [0, 0.05) is 18.0 Å². The highest BCUT2D eigenvalue weighted by atomic mass is 32.2. The van der Waals surface area contributed by atoms with E-state index in [1.54, 1.807) is 16.7 Å². The average molecular weight is 414 g/mol. The van der Waals surface area contributed by atoms with E-state index in [9.17, 15) is 10.1 Å². The molecule has 1 amide bonds. The summed E-state index contributed by atoms with van der Waals surface area (Å²) in [5.41, 5.74) is 8.53. The Bertz CT molecular complexity index is 923. The third-order valence-electron chi connectivity index (χ3n) is 4.89. The Morgan fingerprint density at radius 3 is 2.54 bits per heavy atom. The number of benzene rings is 1. The lowest BCUT2D eigenvalue weighted by atomic mass is 9.93. The van der Waals surface area contributed by atoms with Gasteiger partial charge in [-0.25, -0.2) is 4.99 Å². The number of allylic oxidation sites excluding steroid dienone is 2. The molecule has 0 saturated carbocycles. The molecule has 0 aromatic heterocycles. The van der Waals surface area contributed by atoms with Crippen molar-refractivity contribution in [3.05, 3.63) is 51.8 Å². The minimum atomic E-state index is -0.408. The van der Waals surface area contributed by atoms with Gasteiger partial charge in [-0.3, -0.25) is 9.69 Å². The van der Waals surface area contributed by atoms with Crippen molar-refractivity contribution in [1.29, 1.82) is 5.26 Å². The van der Waals surface area contributed by atoms with Crippen molar-refractivity contribution in [2.45, 2.75) is 31.7 Å². The van der Waals surface area contributed by atoms with E-state index < -0.39 is 6.04 Å². The minimum Gasteiger partial charge on any atom is -0.383 e. The summed E-state index contributed by atoms with van der Waals surface area (Å²) in [5.74, 6) is 0.301. The number of carbonyl (C=O) groups excluding carboxylic acids is 1. The van der Waals surface area contributed by atoms with Crippen LogP contribution in [0.1, 0.15) is 32.4 Å². The van der Waals surface area contributed by atoms with Crippen LogP contribution in [0.2, 0.25) is 0 Å². The molecule has 0 aliphatic carbocycles. The van der Waals surface area contributed by atoms with Crippen LogP contribution in [-0.2, 0) is 4.79 Å². The Morgan fingerprint density at radius 2 is 2.00 bits per heavy atom. The lowest BCUT2D eigenvalue weighted by Gasteiger charge is -2.36. The molecule has 1 aromatic carbocycles. The van der Waals surface area contributed by atoms with Crippen molar-refractivity contribution in [1.82, 2.24) is 9.80 Å². The highest BCUT2D eigenvalue weighted by Gasteiger charge is 2.42. The number of nitriles is 1. The number of likely N-dealkylation sites (N-methyl/N-ethyl adjacent to an activating group) is 1. The summed E-state index contributed by atoms with van der Waals surface area (Å²) >= 11 is 2.91. The molecule has 2 aliphatic rings. The molecular weight excluding hydrogens is 390 g/mol. The van der Waals surface area contributed by atoms with Crippen LogP contribution in [0, 0.1) is 11.3 Å². The Hall–Kier alpha value is -2.37. The summed E-state index contributed by atoms with van der Waals surface area (Å²) in [4.78, 5) is 23.1. The van der Waals surface area contributed by atoms with E-state index in [2.05, 4.69) is 11.1 Å². The molecule has 0 bridgehead atoms. The van der Waals surface area contributed by atoms with E-state index in [0.717, 1.165) is 10.5 Å². The molecule has 2 N–H and O–H groups in total. The van der Waals surface area contributed by atoms with E-state index >= 15 is 0 Å². The molecule has 6 nitrogen and oxygen atoms in total. The average Bonchev–Trinajstić information content (AvgIpc) is 3.03. The fraction of sp³-hybridized carbons (Fsp3) is 0.350. The quantitative estimate of drug-likeness (QED) is 0.742. The van der Waals surface area contributed by atoms with E-state index in [1.807, 2.05) is 56.2 Å². The van der Waals surface area contributed by atoms with Crippen LogP contribution in [0.3, 0.4) is 0 Å². The summed E-state index contributed by atoms with van der Waals surface area (Å²) in [7, 11) is 0. The van der Waals surface area contributed by atoms with Crippen molar-refractivity contribution in [2.75, 3.05) is 19.3 Å². The van der Waals surface area contributed by atoms with Crippen molar-refractivity contribution < 1.29 is 4.79 Å². The normalized spacial score (nSPS) is 18.8. The van der Waals surface area contributed by atoms with Crippen LogP contribution < -0.4 is 5.73 Å². The fourth-order valence-corrected chi connectivity index (χ4v) is 4.72.